The molecule has 1 aromatic carbocycles. The number of carbonyl (C=O) groups is 1. The number of hydrogen-bond donors (Lipinski definition) is 3. The van der Waals surface area contributed by atoms with Crippen LogP contribution in [0.4, 0.5) is 5.69 Å². The Morgan fingerprint density at radius 3 is 2.64 bits per heavy atom. The molecule has 1 aliphatic rings. The van der Waals surface area contributed by atoms with Crippen LogP contribution in [-0.4, -0.2) is 36.0 Å². The van der Waals surface area contributed by atoms with Crippen molar-refractivity contribution >= 4 is 53.3 Å². The number of guanidine groups is 1. The summed E-state index contributed by atoms with van der Waals surface area (Å²) in [4.78, 5) is 16.3. The average Bonchev–Trinajstić information content (AvgIpc) is 3.35. The van der Waals surface area contributed by atoms with Crippen molar-refractivity contribution in [1.29, 1.82) is 0 Å². The molecule has 8 heteroatoms. The molecule has 2 heterocycles. The Balaban J connectivity index is 0.00000280. The first-order valence-electron chi connectivity index (χ1n) is 9.10. The van der Waals surface area contributed by atoms with Crippen molar-refractivity contribution in [1.82, 2.24) is 10.6 Å². The molecule has 0 aliphatic carbocycles. The Kier molecular flexibility index (Phi) is 8.68. The Morgan fingerprint density at radius 2 is 2.04 bits per heavy atom. The van der Waals surface area contributed by atoms with Gasteiger partial charge in [-0.05, 0) is 55.3 Å². The van der Waals surface area contributed by atoms with Crippen LogP contribution in [0.1, 0.15) is 35.9 Å². The van der Waals surface area contributed by atoms with E-state index in [9.17, 15) is 4.79 Å². The quantitative estimate of drug-likeness (QED) is 0.308. The normalized spacial score (nSPS) is 19.0. The number of hydrogen-bond acceptors (Lipinski definition) is 4. The zero-order valence-electron chi connectivity index (χ0n) is 16.2. The summed E-state index contributed by atoms with van der Waals surface area (Å²) in [5, 5.41) is 9.57. The van der Waals surface area contributed by atoms with Crippen molar-refractivity contribution in [2.24, 2.45) is 4.99 Å². The molecule has 1 atom stereocenters. The Morgan fingerprint density at radius 1 is 1.25 bits per heavy atom. The van der Waals surface area contributed by atoms with E-state index >= 15 is 0 Å². The molecule has 1 amide bonds. The molecule has 0 bridgehead atoms. The van der Waals surface area contributed by atoms with Crippen LogP contribution >= 0.6 is 35.7 Å². The van der Waals surface area contributed by atoms with E-state index in [1.165, 1.54) is 24.9 Å². The van der Waals surface area contributed by atoms with Gasteiger partial charge in [-0.25, -0.2) is 0 Å². The van der Waals surface area contributed by atoms with Gasteiger partial charge in [-0.15, -0.1) is 24.0 Å². The third kappa shape index (κ3) is 6.44. The van der Waals surface area contributed by atoms with E-state index in [0.717, 1.165) is 23.8 Å². The molecule has 3 N–H and O–H groups in total. The number of thioether (sulfide) groups is 1. The maximum Gasteiger partial charge on any atom is 0.291 e. The molecule has 1 aliphatic heterocycles. The van der Waals surface area contributed by atoms with Crippen LogP contribution in [0.25, 0.3) is 0 Å². The Bertz CT molecular complexity index is 772. The number of nitrogens with one attached hydrogen (secondary N) is 3. The highest BCUT2D eigenvalue weighted by atomic mass is 127. The van der Waals surface area contributed by atoms with Gasteiger partial charge in [-0.1, -0.05) is 12.1 Å². The number of furan rings is 1. The standard InChI is InChI=1S/C20H26N4O2S.HI/c1-20(10-4-12-27-20)14-23-19(21-2)22-13-15-6-8-16(9-7-15)24-18(25)17-5-3-11-26-17;/h3,5-9,11H,4,10,12-14H2,1-2H3,(H,24,25)(H2,21,22,23);1H. The highest BCUT2D eigenvalue weighted by Gasteiger charge is 2.29. The van der Waals surface area contributed by atoms with E-state index in [4.69, 9.17) is 4.42 Å². The predicted octanol–water partition coefficient (Wildman–Crippen LogP) is 4.10. The lowest BCUT2D eigenvalue weighted by Gasteiger charge is -2.24. The van der Waals surface area contributed by atoms with Crippen molar-refractivity contribution in [2.45, 2.75) is 31.1 Å². The van der Waals surface area contributed by atoms with Crippen LogP contribution in [0.15, 0.2) is 52.1 Å². The minimum absolute atomic E-state index is 0. The van der Waals surface area contributed by atoms with E-state index in [1.54, 1.807) is 19.2 Å². The molecule has 1 aromatic heterocycles. The fraction of sp³-hybridized carbons (Fsp3) is 0.400. The Labute approximate surface area is 187 Å². The van der Waals surface area contributed by atoms with Crippen LogP contribution in [-0.2, 0) is 6.54 Å². The second-order valence-corrected chi connectivity index (χ2v) is 8.49. The van der Waals surface area contributed by atoms with E-state index in [0.29, 0.717) is 17.1 Å². The lowest BCUT2D eigenvalue weighted by molar-refractivity contribution is 0.0996. The summed E-state index contributed by atoms with van der Waals surface area (Å²) < 4.78 is 5.39. The lowest BCUT2D eigenvalue weighted by atomic mass is 10.1. The highest BCUT2D eigenvalue weighted by molar-refractivity contribution is 14.0. The Hall–Kier alpha value is -1.68. The van der Waals surface area contributed by atoms with Crippen LogP contribution in [0.2, 0.25) is 0 Å². The number of anilines is 1. The maximum atomic E-state index is 12.0. The van der Waals surface area contributed by atoms with Crippen LogP contribution in [0.3, 0.4) is 0 Å². The molecule has 1 unspecified atom stereocenters. The maximum absolute atomic E-state index is 12.0. The molecule has 152 valence electrons. The topological polar surface area (TPSA) is 78.7 Å². The fourth-order valence-electron chi connectivity index (χ4n) is 2.96. The molecule has 0 saturated carbocycles. The zero-order valence-corrected chi connectivity index (χ0v) is 19.3. The monoisotopic (exact) mass is 514 g/mol. The fourth-order valence-corrected chi connectivity index (χ4v) is 4.20. The minimum atomic E-state index is -0.256. The summed E-state index contributed by atoms with van der Waals surface area (Å²) >= 11 is 2.03. The highest BCUT2D eigenvalue weighted by Crippen LogP contribution is 2.36. The summed E-state index contributed by atoms with van der Waals surface area (Å²) in [6.07, 6.45) is 4.01. The molecule has 0 radical (unpaired) electrons. The van der Waals surface area contributed by atoms with Gasteiger partial charge in [-0.3, -0.25) is 9.79 Å². The molecule has 0 spiro atoms. The number of rotatable bonds is 6. The summed E-state index contributed by atoms with van der Waals surface area (Å²) in [6.45, 7) is 3.88. The molecule has 1 fully saturated rings. The molecular formula is C20H27IN4O2S. The first kappa shape index (κ1) is 22.6. The largest absolute Gasteiger partial charge is 0.459 e. The first-order chi connectivity index (χ1) is 13.1. The number of benzene rings is 1. The zero-order chi connectivity index (χ0) is 19.1. The first-order valence-corrected chi connectivity index (χ1v) is 10.1. The van der Waals surface area contributed by atoms with E-state index in [1.807, 2.05) is 36.0 Å². The second-order valence-electron chi connectivity index (χ2n) is 6.81. The van der Waals surface area contributed by atoms with Gasteiger partial charge in [0, 0.05) is 30.6 Å². The molecule has 6 nitrogen and oxygen atoms in total. The number of nitrogens with zero attached hydrogens (tertiary/aromatic N) is 1. The van der Waals surface area contributed by atoms with Crippen LogP contribution in [0.5, 0.6) is 0 Å². The molecule has 2 aromatic rings. The summed E-state index contributed by atoms with van der Waals surface area (Å²) in [5.74, 6) is 2.09. The van der Waals surface area contributed by atoms with E-state index in [-0.39, 0.29) is 29.9 Å². The number of aliphatic imine (C=N–C) groups is 1. The number of halogens is 1. The van der Waals surface area contributed by atoms with Crippen molar-refractivity contribution < 1.29 is 9.21 Å². The van der Waals surface area contributed by atoms with Crippen molar-refractivity contribution in [3.8, 4) is 0 Å². The third-order valence-corrected chi connectivity index (χ3v) is 6.11. The molecular weight excluding hydrogens is 487 g/mol. The van der Waals surface area contributed by atoms with Crippen molar-refractivity contribution in [3.63, 3.8) is 0 Å². The van der Waals surface area contributed by atoms with Crippen molar-refractivity contribution in [2.75, 3.05) is 24.7 Å². The molecule has 1 saturated heterocycles. The van der Waals surface area contributed by atoms with Gasteiger partial charge in [0.05, 0.1) is 6.26 Å². The van der Waals surface area contributed by atoms with Crippen molar-refractivity contribution in [3.05, 3.63) is 54.0 Å². The number of carbonyl (C=O) groups excluding carboxylic acids is 1. The van der Waals surface area contributed by atoms with Gasteiger partial charge in [0.1, 0.15) is 0 Å². The smallest absolute Gasteiger partial charge is 0.291 e. The minimum Gasteiger partial charge on any atom is -0.459 e. The second kappa shape index (κ2) is 10.8. The third-order valence-electron chi connectivity index (χ3n) is 4.57. The van der Waals surface area contributed by atoms with Gasteiger partial charge in [0.2, 0.25) is 0 Å². The SMILES string of the molecule is CN=C(NCc1ccc(NC(=O)c2ccco2)cc1)NCC1(C)CCCS1.I. The van der Waals surface area contributed by atoms with E-state index in [2.05, 4.69) is 27.9 Å². The van der Waals surface area contributed by atoms with Gasteiger partial charge < -0.3 is 20.4 Å². The molecule has 3 rings (SSSR count). The lowest BCUT2D eigenvalue weighted by Crippen LogP contribution is -2.43. The van der Waals surface area contributed by atoms with Gasteiger partial charge in [0.25, 0.3) is 5.91 Å². The number of amides is 1. The summed E-state index contributed by atoms with van der Waals surface area (Å²) in [7, 11) is 1.78. The van der Waals surface area contributed by atoms with E-state index < -0.39 is 0 Å². The molecule has 28 heavy (non-hydrogen) atoms. The summed E-state index contributed by atoms with van der Waals surface area (Å²) in [6, 6.07) is 11.0. The average molecular weight is 514 g/mol. The van der Waals surface area contributed by atoms with Crippen LogP contribution in [0, 0.1) is 0 Å². The summed E-state index contributed by atoms with van der Waals surface area (Å²) in [5.41, 5.74) is 1.84. The van der Waals surface area contributed by atoms with Gasteiger partial charge in [-0.2, -0.15) is 11.8 Å². The van der Waals surface area contributed by atoms with Gasteiger partial charge >= 0.3 is 0 Å². The predicted molar refractivity (Wildman–Crippen MR) is 127 cm³/mol. The van der Waals surface area contributed by atoms with Crippen LogP contribution < -0.4 is 16.0 Å². The van der Waals surface area contributed by atoms with Gasteiger partial charge in [0.15, 0.2) is 11.7 Å².